The fourth-order valence-electron chi connectivity index (χ4n) is 1.14. The number of methoxy groups -OCH3 is 1. The highest BCUT2D eigenvalue weighted by molar-refractivity contribution is 5.98. The number of hydrogen-bond donors (Lipinski definition) is 0. The smallest absolute Gasteiger partial charge is 0.201 e. The van der Waals surface area contributed by atoms with Crippen molar-refractivity contribution in [1.82, 2.24) is 0 Å². The van der Waals surface area contributed by atoms with Crippen molar-refractivity contribution in [2.75, 3.05) is 7.11 Å². The van der Waals surface area contributed by atoms with Crippen LogP contribution in [0.1, 0.15) is 23.7 Å². The number of halogens is 2. The van der Waals surface area contributed by atoms with Gasteiger partial charge in [-0.3, -0.25) is 4.79 Å². The van der Waals surface area contributed by atoms with Crippen molar-refractivity contribution in [3.8, 4) is 5.75 Å². The van der Waals surface area contributed by atoms with Gasteiger partial charge in [-0.05, 0) is 12.1 Å². The molecule has 4 heteroatoms. The molecule has 0 saturated carbocycles. The van der Waals surface area contributed by atoms with Gasteiger partial charge in [0.05, 0.1) is 12.7 Å². The monoisotopic (exact) mass is 200 g/mol. The molecule has 0 bridgehead atoms. The molecule has 0 saturated heterocycles. The summed E-state index contributed by atoms with van der Waals surface area (Å²) in [6.07, 6.45) is 0.224. The molecule has 0 spiro atoms. The van der Waals surface area contributed by atoms with Gasteiger partial charge >= 0.3 is 0 Å². The molecule has 1 aromatic carbocycles. The van der Waals surface area contributed by atoms with Crippen LogP contribution in [0.25, 0.3) is 0 Å². The Bertz CT molecular complexity index is 361. The van der Waals surface area contributed by atoms with E-state index >= 15 is 0 Å². The summed E-state index contributed by atoms with van der Waals surface area (Å²) in [5.74, 6) is -2.74. The average molecular weight is 200 g/mol. The van der Waals surface area contributed by atoms with Crippen molar-refractivity contribution in [2.45, 2.75) is 13.3 Å². The van der Waals surface area contributed by atoms with E-state index in [9.17, 15) is 13.6 Å². The van der Waals surface area contributed by atoms with Crippen LogP contribution in [0.4, 0.5) is 8.78 Å². The van der Waals surface area contributed by atoms with Crippen molar-refractivity contribution >= 4 is 5.78 Å². The molecule has 2 nitrogen and oxygen atoms in total. The molecule has 0 unspecified atom stereocenters. The summed E-state index contributed by atoms with van der Waals surface area (Å²) in [6, 6.07) is 2.14. The van der Waals surface area contributed by atoms with Gasteiger partial charge in [0.2, 0.25) is 5.82 Å². The highest BCUT2D eigenvalue weighted by atomic mass is 19.2. The molecule has 0 aliphatic carbocycles. The predicted molar refractivity (Wildman–Crippen MR) is 47.5 cm³/mol. The second-order valence-electron chi connectivity index (χ2n) is 2.72. The van der Waals surface area contributed by atoms with Crippen LogP contribution in [0.3, 0.4) is 0 Å². The van der Waals surface area contributed by atoms with E-state index in [0.717, 1.165) is 6.07 Å². The molecule has 0 atom stereocenters. The van der Waals surface area contributed by atoms with Crippen LogP contribution < -0.4 is 4.74 Å². The van der Waals surface area contributed by atoms with Crippen molar-refractivity contribution in [1.29, 1.82) is 0 Å². The zero-order chi connectivity index (χ0) is 10.7. The van der Waals surface area contributed by atoms with Crippen LogP contribution in [0.2, 0.25) is 0 Å². The van der Waals surface area contributed by atoms with Crippen molar-refractivity contribution in [3.05, 3.63) is 29.3 Å². The molecule has 0 N–H and O–H groups in total. The van der Waals surface area contributed by atoms with Gasteiger partial charge in [0.25, 0.3) is 0 Å². The molecule has 0 fully saturated rings. The summed E-state index contributed by atoms with van der Waals surface area (Å²) in [5.41, 5.74) is 0.0777. The highest BCUT2D eigenvalue weighted by Crippen LogP contribution is 2.25. The van der Waals surface area contributed by atoms with Crippen LogP contribution >= 0.6 is 0 Å². The summed E-state index contributed by atoms with van der Waals surface area (Å²) in [5, 5.41) is 0. The van der Waals surface area contributed by atoms with E-state index in [1.165, 1.54) is 13.2 Å². The summed E-state index contributed by atoms with van der Waals surface area (Å²) in [6.45, 7) is 1.64. The lowest BCUT2D eigenvalue weighted by Gasteiger charge is -2.07. The zero-order valence-corrected chi connectivity index (χ0v) is 7.93. The van der Waals surface area contributed by atoms with Gasteiger partial charge in [0.1, 0.15) is 0 Å². The number of benzene rings is 1. The lowest BCUT2D eigenvalue weighted by molar-refractivity contribution is 0.0984. The number of hydrogen-bond acceptors (Lipinski definition) is 2. The number of rotatable bonds is 3. The Hall–Kier alpha value is -1.45. The van der Waals surface area contributed by atoms with Gasteiger partial charge in [-0.1, -0.05) is 6.92 Å². The van der Waals surface area contributed by atoms with Gasteiger partial charge in [-0.25, -0.2) is 4.39 Å². The third-order valence-electron chi connectivity index (χ3n) is 1.88. The van der Waals surface area contributed by atoms with E-state index in [-0.39, 0.29) is 23.5 Å². The van der Waals surface area contributed by atoms with Crippen molar-refractivity contribution < 1.29 is 18.3 Å². The minimum absolute atomic E-state index is 0.0777. The first-order valence-electron chi connectivity index (χ1n) is 4.17. The Labute approximate surface area is 80.5 Å². The maximum absolute atomic E-state index is 13.1. The minimum atomic E-state index is -1.12. The second kappa shape index (κ2) is 4.17. The van der Waals surface area contributed by atoms with E-state index in [1.54, 1.807) is 6.92 Å². The number of carbonyl (C=O) groups excluding carboxylic acids is 1. The molecule has 1 rings (SSSR count). The average Bonchev–Trinajstić information content (AvgIpc) is 2.20. The maximum atomic E-state index is 13.1. The zero-order valence-electron chi connectivity index (χ0n) is 7.93. The summed E-state index contributed by atoms with van der Waals surface area (Å²) < 4.78 is 30.5. The number of ketones is 1. The number of ether oxygens (including phenoxy) is 1. The van der Waals surface area contributed by atoms with E-state index in [4.69, 9.17) is 0 Å². The summed E-state index contributed by atoms with van der Waals surface area (Å²) >= 11 is 0. The first-order valence-corrected chi connectivity index (χ1v) is 4.17. The van der Waals surface area contributed by atoms with E-state index in [2.05, 4.69) is 4.74 Å². The highest BCUT2D eigenvalue weighted by Gasteiger charge is 2.17. The predicted octanol–water partition coefficient (Wildman–Crippen LogP) is 2.57. The van der Waals surface area contributed by atoms with Gasteiger partial charge in [0, 0.05) is 6.42 Å². The molecular weight excluding hydrogens is 190 g/mol. The van der Waals surface area contributed by atoms with Gasteiger partial charge in [-0.2, -0.15) is 4.39 Å². The Kier molecular flexibility index (Phi) is 3.17. The Morgan fingerprint density at radius 3 is 2.57 bits per heavy atom. The third kappa shape index (κ3) is 1.73. The molecule has 0 heterocycles. The third-order valence-corrected chi connectivity index (χ3v) is 1.88. The van der Waals surface area contributed by atoms with E-state index < -0.39 is 11.6 Å². The second-order valence-corrected chi connectivity index (χ2v) is 2.72. The molecule has 76 valence electrons. The molecule has 0 aliphatic rings. The lowest BCUT2D eigenvalue weighted by Crippen LogP contribution is -2.03. The van der Waals surface area contributed by atoms with Crippen molar-refractivity contribution in [3.63, 3.8) is 0 Å². The molecule has 0 radical (unpaired) electrons. The standard InChI is InChI=1S/C10H10F2O2/c1-3-8(13)6-4-5-7(11)9(12)10(6)14-2/h4-5H,3H2,1-2H3. The van der Waals surface area contributed by atoms with Crippen LogP contribution in [0.5, 0.6) is 5.75 Å². The lowest BCUT2D eigenvalue weighted by atomic mass is 10.1. The van der Waals surface area contributed by atoms with Crippen LogP contribution in [-0.4, -0.2) is 12.9 Å². The number of carbonyl (C=O) groups is 1. The summed E-state index contributed by atoms with van der Waals surface area (Å²) in [7, 11) is 1.20. The molecule has 0 aromatic heterocycles. The molecular formula is C10H10F2O2. The SMILES string of the molecule is CCC(=O)c1ccc(F)c(F)c1OC. The van der Waals surface area contributed by atoms with E-state index in [1.807, 2.05) is 0 Å². The quantitative estimate of drug-likeness (QED) is 0.701. The topological polar surface area (TPSA) is 26.3 Å². The fraction of sp³-hybridized carbons (Fsp3) is 0.300. The van der Waals surface area contributed by atoms with Gasteiger partial charge < -0.3 is 4.74 Å². The molecule has 0 aliphatic heterocycles. The molecule has 0 amide bonds. The number of Topliss-reactive ketones (excluding diaryl/α,β-unsaturated/α-hetero) is 1. The Morgan fingerprint density at radius 1 is 1.43 bits per heavy atom. The van der Waals surface area contributed by atoms with Crippen LogP contribution in [0, 0.1) is 11.6 Å². The van der Waals surface area contributed by atoms with E-state index in [0.29, 0.717) is 0 Å². The van der Waals surface area contributed by atoms with Gasteiger partial charge in [0.15, 0.2) is 17.3 Å². The maximum Gasteiger partial charge on any atom is 0.201 e. The first-order chi connectivity index (χ1) is 6.61. The van der Waals surface area contributed by atoms with Crippen LogP contribution in [-0.2, 0) is 0 Å². The minimum Gasteiger partial charge on any atom is -0.493 e. The molecule has 1 aromatic rings. The van der Waals surface area contributed by atoms with Crippen LogP contribution in [0.15, 0.2) is 12.1 Å². The fourth-order valence-corrected chi connectivity index (χ4v) is 1.14. The van der Waals surface area contributed by atoms with Gasteiger partial charge in [-0.15, -0.1) is 0 Å². The first kappa shape index (κ1) is 10.6. The largest absolute Gasteiger partial charge is 0.493 e. The van der Waals surface area contributed by atoms with Crippen molar-refractivity contribution in [2.24, 2.45) is 0 Å². The normalized spacial score (nSPS) is 10.0. The Morgan fingerprint density at radius 2 is 2.07 bits per heavy atom. The summed E-state index contributed by atoms with van der Waals surface area (Å²) in [4.78, 5) is 11.3. The molecule has 14 heavy (non-hydrogen) atoms. The Balaban J connectivity index is 3.31.